The van der Waals surface area contributed by atoms with Crippen LogP contribution in [0.15, 0.2) is 54.6 Å². The van der Waals surface area contributed by atoms with Crippen LogP contribution in [0.2, 0.25) is 0 Å². The Morgan fingerprint density at radius 2 is 1.57 bits per heavy atom. The van der Waals surface area contributed by atoms with Crippen molar-refractivity contribution in [2.75, 3.05) is 0 Å². The molecule has 106 valence electrons. The minimum Gasteiger partial charge on any atom is -0.456 e. The predicted molar refractivity (Wildman–Crippen MR) is 87.8 cm³/mol. The van der Waals surface area contributed by atoms with E-state index >= 15 is 0 Å². The number of ether oxygens (including phenoxy) is 1. The van der Waals surface area contributed by atoms with Crippen LogP contribution in [0.1, 0.15) is 16.7 Å². The number of hydrogen-bond acceptors (Lipinski definition) is 2. The van der Waals surface area contributed by atoms with E-state index in [1.807, 2.05) is 36.4 Å². The topological polar surface area (TPSA) is 35.2 Å². The Balaban J connectivity index is 2.11. The molecule has 0 spiro atoms. The Kier molecular flexibility index (Phi) is 3.63. The molecule has 0 unspecified atom stereocenters. The number of rotatable bonds is 3. The standard InChI is InChI=1S/C19H19NO/c1-13-6-5-9-18(14(13)2)21-19-11-10-15(12-20)16-7-3-4-8-17(16)19/h3-11H,12,20H2,1-2H3. The molecular formula is C19H19NO. The van der Waals surface area contributed by atoms with Crippen molar-refractivity contribution in [1.82, 2.24) is 0 Å². The van der Waals surface area contributed by atoms with Gasteiger partial charge in [-0.15, -0.1) is 0 Å². The maximum absolute atomic E-state index is 6.16. The van der Waals surface area contributed by atoms with Gasteiger partial charge >= 0.3 is 0 Å². The van der Waals surface area contributed by atoms with E-state index in [-0.39, 0.29) is 0 Å². The smallest absolute Gasteiger partial charge is 0.135 e. The second-order valence-corrected chi connectivity index (χ2v) is 5.27. The van der Waals surface area contributed by atoms with Crippen LogP contribution in [-0.4, -0.2) is 0 Å². The van der Waals surface area contributed by atoms with E-state index in [0.717, 1.165) is 27.8 Å². The van der Waals surface area contributed by atoms with Gasteiger partial charge in [-0.3, -0.25) is 0 Å². The highest BCUT2D eigenvalue weighted by Crippen LogP contribution is 2.33. The molecule has 0 atom stereocenters. The molecule has 0 aliphatic rings. The van der Waals surface area contributed by atoms with Gasteiger partial charge < -0.3 is 10.5 Å². The average Bonchev–Trinajstić information content (AvgIpc) is 2.52. The van der Waals surface area contributed by atoms with Crippen molar-refractivity contribution >= 4 is 10.8 Å². The zero-order chi connectivity index (χ0) is 14.8. The first-order valence-electron chi connectivity index (χ1n) is 7.15. The summed E-state index contributed by atoms with van der Waals surface area (Å²) in [5.74, 6) is 1.78. The largest absolute Gasteiger partial charge is 0.456 e. The average molecular weight is 277 g/mol. The van der Waals surface area contributed by atoms with Crippen LogP contribution in [0.25, 0.3) is 10.8 Å². The van der Waals surface area contributed by atoms with Gasteiger partial charge in [0.1, 0.15) is 11.5 Å². The van der Waals surface area contributed by atoms with Gasteiger partial charge in [0.25, 0.3) is 0 Å². The van der Waals surface area contributed by atoms with E-state index in [1.54, 1.807) is 0 Å². The van der Waals surface area contributed by atoms with Crippen molar-refractivity contribution in [2.24, 2.45) is 5.73 Å². The van der Waals surface area contributed by atoms with Crippen LogP contribution < -0.4 is 10.5 Å². The molecule has 0 aromatic heterocycles. The van der Waals surface area contributed by atoms with Crippen molar-refractivity contribution < 1.29 is 4.74 Å². The third-order valence-corrected chi connectivity index (χ3v) is 3.97. The lowest BCUT2D eigenvalue weighted by molar-refractivity contribution is 0.484. The molecule has 0 saturated carbocycles. The first-order valence-corrected chi connectivity index (χ1v) is 7.15. The third-order valence-electron chi connectivity index (χ3n) is 3.97. The molecule has 0 aliphatic carbocycles. The van der Waals surface area contributed by atoms with Crippen LogP contribution in [0.4, 0.5) is 0 Å². The van der Waals surface area contributed by atoms with E-state index in [1.165, 1.54) is 11.1 Å². The molecule has 3 aromatic carbocycles. The Hall–Kier alpha value is -2.32. The summed E-state index contributed by atoms with van der Waals surface area (Å²) in [6, 6.07) is 18.4. The lowest BCUT2D eigenvalue weighted by Gasteiger charge is -2.14. The Morgan fingerprint density at radius 3 is 2.33 bits per heavy atom. The maximum atomic E-state index is 6.16. The SMILES string of the molecule is Cc1cccc(Oc2ccc(CN)c3ccccc23)c1C. The van der Waals surface area contributed by atoms with Gasteiger partial charge in [-0.1, -0.05) is 42.5 Å². The number of nitrogens with two attached hydrogens (primary N) is 1. The van der Waals surface area contributed by atoms with Gasteiger partial charge in [0.15, 0.2) is 0 Å². The highest BCUT2D eigenvalue weighted by Gasteiger charge is 2.08. The fourth-order valence-electron chi connectivity index (χ4n) is 2.55. The molecular weight excluding hydrogens is 258 g/mol. The van der Waals surface area contributed by atoms with Gasteiger partial charge in [0, 0.05) is 11.9 Å². The van der Waals surface area contributed by atoms with E-state index in [0.29, 0.717) is 6.54 Å². The van der Waals surface area contributed by atoms with Crippen LogP contribution >= 0.6 is 0 Å². The summed E-state index contributed by atoms with van der Waals surface area (Å²) >= 11 is 0. The van der Waals surface area contributed by atoms with Crippen LogP contribution in [0.3, 0.4) is 0 Å². The molecule has 0 radical (unpaired) electrons. The lowest BCUT2D eigenvalue weighted by atomic mass is 10.0. The van der Waals surface area contributed by atoms with Crippen molar-refractivity contribution in [2.45, 2.75) is 20.4 Å². The highest BCUT2D eigenvalue weighted by atomic mass is 16.5. The summed E-state index contributed by atoms with van der Waals surface area (Å²) in [7, 11) is 0. The van der Waals surface area contributed by atoms with Crippen molar-refractivity contribution in [1.29, 1.82) is 0 Å². The first kappa shape index (κ1) is 13.7. The molecule has 3 aromatic rings. The van der Waals surface area contributed by atoms with E-state index in [9.17, 15) is 0 Å². The van der Waals surface area contributed by atoms with Crippen LogP contribution in [-0.2, 0) is 6.54 Å². The molecule has 0 saturated heterocycles. The molecule has 0 bridgehead atoms. The fourth-order valence-corrected chi connectivity index (χ4v) is 2.55. The summed E-state index contributed by atoms with van der Waals surface area (Å²) in [6.07, 6.45) is 0. The minimum absolute atomic E-state index is 0.532. The number of benzene rings is 3. The highest BCUT2D eigenvalue weighted by molar-refractivity contribution is 5.91. The Morgan fingerprint density at radius 1 is 0.810 bits per heavy atom. The molecule has 2 N–H and O–H groups in total. The quantitative estimate of drug-likeness (QED) is 0.752. The molecule has 0 amide bonds. The zero-order valence-electron chi connectivity index (χ0n) is 12.4. The van der Waals surface area contributed by atoms with Crippen LogP contribution in [0.5, 0.6) is 11.5 Å². The predicted octanol–water partition coefficient (Wildman–Crippen LogP) is 4.71. The van der Waals surface area contributed by atoms with Crippen molar-refractivity contribution in [3.05, 3.63) is 71.3 Å². The van der Waals surface area contributed by atoms with Gasteiger partial charge in [-0.05, 0) is 48.1 Å². The van der Waals surface area contributed by atoms with Crippen LogP contribution in [0, 0.1) is 13.8 Å². The summed E-state index contributed by atoms with van der Waals surface area (Å²) < 4.78 is 6.16. The monoisotopic (exact) mass is 277 g/mol. The first-order chi connectivity index (χ1) is 10.2. The molecule has 2 heteroatoms. The van der Waals surface area contributed by atoms with Crippen molar-refractivity contribution in [3.63, 3.8) is 0 Å². The minimum atomic E-state index is 0.532. The second-order valence-electron chi connectivity index (χ2n) is 5.27. The summed E-state index contributed by atoms with van der Waals surface area (Å²) in [5.41, 5.74) is 9.36. The molecule has 0 fully saturated rings. The van der Waals surface area contributed by atoms with Crippen molar-refractivity contribution in [3.8, 4) is 11.5 Å². The second kappa shape index (κ2) is 5.58. The van der Waals surface area contributed by atoms with Gasteiger partial charge in [-0.2, -0.15) is 0 Å². The summed E-state index contributed by atoms with van der Waals surface area (Å²) in [6.45, 7) is 4.71. The van der Waals surface area contributed by atoms with E-state index in [4.69, 9.17) is 10.5 Å². The molecule has 0 heterocycles. The van der Waals surface area contributed by atoms with E-state index in [2.05, 4.69) is 32.0 Å². The number of fused-ring (bicyclic) bond motifs is 1. The normalized spacial score (nSPS) is 10.8. The maximum Gasteiger partial charge on any atom is 0.135 e. The number of aryl methyl sites for hydroxylation is 1. The Labute approximate surface area is 125 Å². The zero-order valence-corrected chi connectivity index (χ0v) is 12.4. The van der Waals surface area contributed by atoms with Gasteiger partial charge in [0.2, 0.25) is 0 Å². The van der Waals surface area contributed by atoms with Gasteiger partial charge in [0.05, 0.1) is 0 Å². The summed E-state index contributed by atoms with van der Waals surface area (Å²) in [5, 5.41) is 2.25. The molecule has 2 nitrogen and oxygen atoms in total. The van der Waals surface area contributed by atoms with Gasteiger partial charge in [-0.25, -0.2) is 0 Å². The molecule has 0 aliphatic heterocycles. The number of hydrogen-bond donors (Lipinski definition) is 1. The summed E-state index contributed by atoms with van der Waals surface area (Å²) in [4.78, 5) is 0. The molecule has 3 rings (SSSR count). The fraction of sp³-hybridized carbons (Fsp3) is 0.158. The third kappa shape index (κ3) is 2.50. The molecule has 21 heavy (non-hydrogen) atoms. The van der Waals surface area contributed by atoms with E-state index < -0.39 is 0 Å². The Bertz CT molecular complexity index is 793. The lowest BCUT2D eigenvalue weighted by Crippen LogP contribution is -1.98.